The van der Waals surface area contributed by atoms with E-state index in [-0.39, 0.29) is 33.2 Å². The Labute approximate surface area is 186 Å². The quantitative estimate of drug-likeness (QED) is 0.411. The van der Waals surface area contributed by atoms with Crippen molar-refractivity contribution in [3.05, 3.63) is 107 Å². The van der Waals surface area contributed by atoms with Gasteiger partial charge in [-0.15, -0.1) is 24.3 Å². The van der Waals surface area contributed by atoms with Crippen LogP contribution in [-0.4, -0.2) is 0 Å². The zero-order valence-corrected chi connectivity index (χ0v) is 17.6. The van der Waals surface area contributed by atoms with E-state index in [4.69, 9.17) is 23.2 Å². The maximum atomic E-state index is 10.4. The molecule has 2 aromatic carbocycles. The van der Waals surface area contributed by atoms with Gasteiger partial charge in [-0.2, -0.15) is 12.2 Å². The number of hydrogen-bond donors (Lipinski definition) is 0. The number of halogens is 2. The van der Waals surface area contributed by atoms with Crippen LogP contribution in [0.1, 0.15) is 12.8 Å². The SMILES string of the molecule is [C-]1=CC=CC1.[C-]1=CC=CC1.[O-]c1ccc(Cl)cc1.[O-]c1ccc(Cl)cc1.[Ti+4]. The predicted molar refractivity (Wildman–Crippen MR) is 105 cm³/mol. The molecule has 0 N–H and O–H groups in total. The summed E-state index contributed by atoms with van der Waals surface area (Å²) >= 11 is 10.9. The molecule has 0 radical (unpaired) electrons. The standard InChI is InChI=1S/2C6H5ClO.2C5H5.Ti/c2*7-5-1-3-6(8)4-2-5;2*1-2-4-5-3-1;/h2*1-4,8H;2*1-3H,4H2;/q;;2*-1;+4/p-2. The summed E-state index contributed by atoms with van der Waals surface area (Å²) in [5.74, 6) is -0.0104. The van der Waals surface area contributed by atoms with E-state index in [2.05, 4.69) is 24.3 Å². The second-order valence-electron chi connectivity index (χ2n) is 4.91. The van der Waals surface area contributed by atoms with Gasteiger partial charge < -0.3 is 10.2 Å². The number of allylic oxidation sites excluding steroid dienone is 8. The first-order chi connectivity index (χ1) is 12.6. The van der Waals surface area contributed by atoms with Crippen molar-refractivity contribution in [3.8, 4) is 11.5 Å². The second kappa shape index (κ2) is 16.5. The van der Waals surface area contributed by atoms with Gasteiger partial charge in [0.15, 0.2) is 0 Å². The van der Waals surface area contributed by atoms with Crippen molar-refractivity contribution < 1.29 is 31.9 Å². The normalized spacial score (nSPS) is 11.9. The van der Waals surface area contributed by atoms with E-state index in [1.54, 1.807) is 24.3 Å². The first-order valence-electron chi connectivity index (χ1n) is 7.86. The molecular weight excluding hydrogens is 415 g/mol. The summed E-state index contributed by atoms with van der Waals surface area (Å²) in [5, 5.41) is 21.9. The third kappa shape index (κ3) is 15.1. The van der Waals surface area contributed by atoms with Gasteiger partial charge in [-0.25, -0.2) is 24.3 Å². The Morgan fingerprint density at radius 1 is 0.630 bits per heavy atom. The van der Waals surface area contributed by atoms with Crippen LogP contribution in [0.5, 0.6) is 11.5 Å². The fourth-order valence-electron chi connectivity index (χ4n) is 1.55. The van der Waals surface area contributed by atoms with Gasteiger partial charge in [0.1, 0.15) is 0 Å². The fraction of sp³-hybridized carbons (Fsp3) is 0.0909. The molecule has 0 aliphatic heterocycles. The molecule has 2 aliphatic carbocycles. The summed E-state index contributed by atoms with van der Waals surface area (Å²) in [5.41, 5.74) is 0. The maximum absolute atomic E-state index is 10.4. The van der Waals surface area contributed by atoms with Gasteiger partial charge in [0.05, 0.1) is 0 Å². The largest absolute Gasteiger partial charge is 4.00 e. The molecule has 2 aromatic rings. The summed E-state index contributed by atoms with van der Waals surface area (Å²) in [6.45, 7) is 0. The molecule has 0 aromatic heterocycles. The van der Waals surface area contributed by atoms with Crippen LogP contribution < -0.4 is 10.2 Å². The van der Waals surface area contributed by atoms with Crippen LogP contribution in [0.4, 0.5) is 0 Å². The van der Waals surface area contributed by atoms with Gasteiger partial charge in [0.25, 0.3) is 0 Å². The molecule has 27 heavy (non-hydrogen) atoms. The third-order valence-corrected chi connectivity index (χ3v) is 3.30. The van der Waals surface area contributed by atoms with Gasteiger partial charge in [0.2, 0.25) is 0 Å². The van der Waals surface area contributed by atoms with Crippen LogP contribution in [0.25, 0.3) is 0 Å². The van der Waals surface area contributed by atoms with E-state index in [1.165, 1.54) is 24.3 Å². The van der Waals surface area contributed by atoms with E-state index < -0.39 is 0 Å². The molecule has 0 unspecified atom stereocenters. The Morgan fingerprint density at radius 3 is 1.11 bits per heavy atom. The van der Waals surface area contributed by atoms with E-state index >= 15 is 0 Å². The molecule has 0 atom stereocenters. The number of rotatable bonds is 0. The van der Waals surface area contributed by atoms with Crippen LogP contribution in [0.3, 0.4) is 0 Å². The topological polar surface area (TPSA) is 46.1 Å². The minimum absolute atomic E-state index is 0. The van der Waals surface area contributed by atoms with Crippen molar-refractivity contribution in [2.24, 2.45) is 0 Å². The molecule has 136 valence electrons. The Hall–Kier alpha value is -1.71. The summed E-state index contributed by atoms with van der Waals surface area (Å²) in [4.78, 5) is 0. The molecule has 0 fully saturated rings. The van der Waals surface area contributed by atoms with E-state index in [9.17, 15) is 10.2 Å². The first kappa shape index (κ1) is 25.3. The van der Waals surface area contributed by atoms with Crippen molar-refractivity contribution in [2.45, 2.75) is 12.8 Å². The van der Waals surface area contributed by atoms with Gasteiger partial charge in [-0.3, -0.25) is 12.2 Å². The monoisotopic (exact) mass is 432 g/mol. The average molecular weight is 433 g/mol. The molecule has 0 amide bonds. The average Bonchev–Trinajstić information content (AvgIpc) is 3.39. The summed E-state index contributed by atoms with van der Waals surface area (Å²) < 4.78 is 0. The van der Waals surface area contributed by atoms with E-state index in [1.807, 2.05) is 24.3 Å². The Morgan fingerprint density at radius 2 is 0.963 bits per heavy atom. The Kier molecular flexibility index (Phi) is 15.4. The predicted octanol–water partition coefficient (Wildman–Crippen LogP) is 5.44. The van der Waals surface area contributed by atoms with Crippen LogP contribution in [0.2, 0.25) is 10.0 Å². The molecule has 4 rings (SSSR count). The van der Waals surface area contributed by atoms with Crippen LogP contribution >= 0.6 is 23.2 Å². The maximum Gasteiger partial charge on any atom is 4.00 e. The van der Waals surface area contributed by atoms with Crippen molar-refractivity contribution in [2.75, 3.05) is 0 Å². The number of hydrogen-bond acceptors (Lipinski definition) is 2. The molecule has 0 bridgehead atoms. The zero-order valence-electron chi connectivity index (χ0n) is 14.6. The van der Waals surface area contributed by atoms with Crippen molar-refractivity contribution in [1.29, 1.82) is 0 Å². The molecule has 0 spiro atoms. The summed E-state index contributed by atoms with van der Waals surface area (Å²) in [6.07, 6.45) is 20.0. The summed E-state index contributed by atoms with van der Waals surface area (Å²) in [7, 11) is 0. The molecule has 0 saturated heterocycles. The van der Waals surface area contributed by atoms with Gasteiger partial charge in [-0.1, -0.05) is 47.5 Å². The second-order valence-corrected chi connectivity index (χ2v) is 5.79. The van der Waals surface area contributed by atoms with Gasteiger partial charge in [0, 0.05) is 10.0 Å². The number of benzene rings is 2. The van der Waals surface area contributed by atoms with Gasteiger partial charge >= 0.3 is 21.7 Å². The Balaban J connectivity index is 0.000000337. The molecule has 2 nitrogen and oxygen atoms in total. The van der Waals surface area contributed by atoms with Crippen molar-refractivity contribution >= 4 is 23.2 Å². The molecular formula is C22H18Cl2O2Ti. The minimum atomic E-state index is -0.00519. The van der Waals surface area contributed by atoms with Gasteiger partial charge in [-0.05, 0) is 24.3 Å². The Bertz CT molecular complexity index is 606. The molecule has 5 heteroatoms. The van der Waals surface area contributed by atoms with Crippen LogP contribution in [0.15, 0.2) is 85.0 Å². The molecule has 0 heterocycles. The summed E-state index contributed by atoms with van der Waals surface area (Å²) in [6, 6.07) is 12.0. The van der Waals surface area contributed by atoms with Crippen molar-refractivity contribution in [3.63, 3.8) is 0 Å². The van der Waals surface area contributed by atoms with Crippen molar-refractivity contribution in [1.82, 2.24) is 0 Å². The smallest absolute Gasteiger partial charge is 0.872 e. The minimum Gasteiger partial charge on any atom is -0.872 e. The zero-order chi connectivity index (χ0) is 19.0. The molecule has 0 saturated carbocycles. The third-order valence-electron chi connectivity index (χ3n) is 2.80. The van der Waals surface area contributed by atoms with Crippen LogP contribution in [-0.2, 0) is 21.7 Å². The van der Waals surface area contributed by atoms with E-state index in [0.29, 0.717) is 10.0 Å². The fourth-order valence-corrected chi connectivity index (χ4v) is 1.80. The molecule has 2 aliphatic rings. The van der Waals surface area contributed by atoms with E-state index in [0.717, 1.165) is 12.8 Å². The van der Waals surface area contributed by atoms with Crippen LogP contribution in [0, 0.1) is 12.2 Å². The first-order valence-corrected chi connectivity index (χ1v) is 8.62.